The zero-order chi connectivity index (χ0) is 30.7. The van der Waals surface area contributed by atoms with Crippen molar-refractivity contribution in [1.82, 2.24) is 19.4 Å². The lowest BCUT2D eigenvalue weighted by Crippen LogP contribution is -2.45. The summed E-state index contributed by atoms with van der Waals surface area (Å²) in [6, 6.07) is 18.8. The smallest absolute Gasteiger partial charge is 0.355 e. The summed E-state index contributed by atoms with van der Waals surface area (Å²) in [6.45, 7) is 5.37. The molecule has 3 N–H and O–H groups in total. The number of hydrogen-bond donors (Lipinski definition) is 2. The van der Waals surface area contributed by atoms with Crippen LogP contribution in [-0.4, -0.2) is 80.1 Å². The highest BCUT2D eigenvalue weighted by atomic mass is 32.2. The number of fused-ring (bicyclic) bond motifs is 2. The molecule has 230 valence electrons. The van der Waals surface area contributed by atoms with Crippen LogP contribution in [0.4, 0.5) is 5.69 Å². The molecule has 5 aromatic rings. The van der Waals surface area contributed by atoms with Crippen LogP contribution in [0.25, 0.3) is 21.8 Å². The minimum Gasteiger partial charge on any atom is -0.460 e. The number of sulfonamides is 1. The van der Waals surface area contributed by atoms with Gasteiger partial charge in [0.1, 0.15) is 17.9 Å². The van der Waals surface area contributed by atoms with Gasteiger partial charge in [-0.1, -0.05) is 24.3 Å². The third-order valence-corrected chi connectivity index (χ3v) is 9.93. The first-order valence-electron chi connectivity index (χ1n) is 14.6. The third kappa shape index (κ3) is 6.95. The Bertz CT molecular complexity index is 1880. The summed E-state index contributed by atoms with van der Waals surface area (Å²) in [5, 5.41) is 6.31. The Hall–Kier alpha value is -3.81. The van der Waals surface area contributed by atoms with Crippen LogP contribution in [0.5, 0.6) is 0 Å². The second kappa shape index (κ2) is 13.0. The minimum atomic E-state index is -3.65. The summed E-state index contributed by atoms with van der Waals surface area (Å²) in [4.78, 5) is 22.9. The van der Waals surface area contributed by atoms with E-state index in [1.54, 1.807) is 12.1 Å². The first kappa shape index (κ1) is 30.2. The zero-order valence-electron chi connectivity index (χ0n) is 24.6. The zero-order valence-corrected chi connectivity index (χ0v) is 26.2. The highest BCUT2D eigenvalue weighted by molar-refractivity contribution is 7.91. The number of ether oxygens (including phenoxy) is 1. The van der Waals surface area contributed by atoms with Crippen LogP contribution < -0.4 is 10.5 Å². The number of rotatable bonds is 11. The van der Waals surface area contributed by atoms with Gasteiger partial charge in [0.25, 0.3) is 0 Å². The summed E-state index contributed by atoms with van der Waals surface area (Å²) in [5.74, 6) is -0.542. The molecule has 1 aliphatic heterocycles. The van der Waals surface area contributed by atoms with E-state index in [0.29, 0.717) is 29.3 Å². The number of benzene rings is 2. The van der Waals surface area contributed by atoms with E-state index in [-0.39, 0.29) is 25.4 Å². The molecule has 1 fully saturated rings. The van der Waals surface area contributed by atoms with Crippen LogP contribution in [0.3, 0.4) is 0 Å². The topological polar surface area (TPSA) is 123 Å². The van der Waals surface area contributed by atoms with Gasteiger partial charge >= 0.3 is 5.97 Å². The Morgan fingerprint density at radius 1 is 1.05 bits per heavy atom. The van der Waals surface area contributed by atoms with Crippen LogP contribution in [0.15, 0.2) is 71.4 Å². The van der Waals surface area contributed by atoms with Gasteiger partial charge in [0.05, 0.1) is 18.0 Å². The van der Waals surface area contributed by atoms with Crippen LogP contribution in [0.2, 0.25) is 0 Å². The predicted molar refractivity (Wildman–Crippen MR) is 175 cm³/mol. The standard InChI is InChI=1S/C32H36N6O4S2/c1-36-9-11-37(12-10-36)13-14-42-32(39)30-18-25-6-7-27(19-33)34-31(25)38(30)20-26-17-28(16-24-4-2-3-5-29(24)26)35-44(40,41)22-23-8-15-43-21-23/h2-8,15-18,21,35H,9-14,19-20,22,33H2,1H3. The fourth-order valence-electron chi connectivity index (χ4n) is 5.58. The van der Waals surface area contributed by atoms with Gasteiger partial charge in [-0.2, -0.15) is 11.3 Å². The molecule has 0 saturated carbocycles. The van der Waals surface area contributed by atoms with Crippen LogP contribution in [0, 0.1) is 0 Å². The minimum absolute atomic E-state index is 0.114. The van der Waals surface area contributed by atoms with Crippen molar-refractivity contribution in [2.45, 2.75) is 18.8 Å². The van der Waals surface area contributed by atoms with Crippen molar-refractivity contribution in [3.8, 4) is 0 Å². The van der Waals surface area contributed by atoms with Crippen molar-refractivity contribution >= 4 is 54.8 Å². The molecular formula is C32H36N6O4S2. The fourth-order valence-corrected chi connectivity index (χ4v) is 7.52. The molecule has 12 heteroatoms. The Kier molecular flexibility index (Phi) is 8.96. The Labute approximate surface area is 261 Å². The average Bonchev–Trinajstić information content (AvgIpc) is 3.65. The normalized spacial score (nSPS) is 14.8. The van der Waals surface area contributed by atoms with Gasteiger partial charge in [0.2, 0.25) is 10.0 Å². The number of aromatic nitrogens is 2. The summed E-state index contributed by atoms with van der Waals surface area (Å²) in [6.07, 6.45) is 0. The highest BCUT2D eigenvalue weighted by Crippen LogP contribution is 2.29. The number of carbonyl (C=O) groups is 1. The lowest BCUT2D eigenvalue weighted by molar-refractivity contribution is 0.0421. The first-order valence-corrected chi connectivity index (χ1v) is 17.2. The van der Waals surface area contributed by atoms with E-state index in [0.717, 1.165) is 53.5 Å². The summed E-state index contributed by atoms with van der Waals surface area (Å²) in [7, 11) is -1.54. The number of nitrogens with zero attached hydrogens (tertiary/aromatic N) is 4. The monoisotopic (exact) mass is 632 g/mol. The fraction of sp³-hybridized carbons (Fsp3) is 0.312. The number of pyridine rings is 1. The lowest BCUT2D eigenvalue weighted by atomic mass is 10.0. The molecule has 6 rings (SSSR count). The number of nitrogens with two attached hydrogens (primary N) is 1. The molecule has 1 saturated heterocycles. The van der Waals surface area contributed by atoms with Gasteiger partial charge in [0.15, 0.2) is 0 Å². The molecule has 0 atom stereocenters. The maximum absolute atomic E-state index is 13.5. The number of piperazine rings is 1. The van der Waals surface area contributed by atoms with Gasteiger partial charge in [-0.25, -0.2) is 18.2 Å². The molecule has 1 aliphatic rings. The molecule has 0 spiro atoms. The van der Waals surface area contributed by atoms with Gasteiger partial charge < -0.3 is 19.9 Å². The second-order valence-electron chi connectivity index (χ2n) is 11.2. The van der Waals surface area contributed by atoms with Crippen molar-refractivity contribution in [1.29, 1.82) is 0 Å². The van der Waals surface area contributed by atoms with E-state index in [2.05, 4.69) is 21.6 Å². The number of hydrogen-bond acceptors (Lipinski definition) is 9. The lowest BCUT2D eigenvalue weighted by Gasteiger charge is -2.32. The van der Waals surface area contributed by atoms with Crippen molar-refractivity contribution in [3.63, 3.8) is 0 Å². The van der Waals surface area contributed by atoms with E-state index in [1.807, 2.05) is 63.9 Å². The largest absolute Gasteiger partial charge is 0.460 e. The second-order valence-corrected chi connectivity index (χ2v) is 13.7. The molecule has 0 aliphatic carbocycles. The number of esters is 1. The van der Waals surface area contributed by atoms with E-state index >= 15 is 0 Å². The maximum Gasteiger partial charge on any atom is 0.355 e. The van der Waals surface area contributed by atoms with Crippen molar-refractivity contribution in [2.24, 2.45) is 5.73 Å². The first-order chi connectivity index (χ1) is 21.3. The van der Waals surface area contributed by atoms with E-state index in [1.165, 1.54) is 11.3 Å². The van der Waals surface area contributed by atoms with Crippen molar-refractivity contribution in [3.05, 3.63) is 93.9 Å². The molecule has 4 heterocycles. The number of nitrogens with one attached hydrogen (secondary N) is 1. The predicted octanol–water partition coefficient (Wildman–Crippen LogP) is 4.10. The average molecular weight is 633 g/mol. The molecule has 0 amide bonds. The van der Waals surface area contributed by atoms with E-state index in [9.17, 15) is 13.2 Å². The number of thiophene rings is 1. The number of likely N-dealkylation sites (N-methyl/N-ethyl adjacent to an activating group) is 1. The SMILES string of the molecule is CN1CCN(CCOC(=O)c2cc3ccc(CN)nc3n2Cc2cc(NS(=O)(=O)Cc3ccsc3)cc3ccccc23)CC1. The van der Waals surface area contributed by atoms with Crippen molar-refractivity contribution < 1.29 is 17.9 Å². The molecular weight excluding hydrogens is 597 g/mol. The van der Waals surface area contributed by atoms with Crippen molar-refractivity contribution in [2.75, 3.05) is 51.1 Å². The van der Waals surface area contributed by atoms with E-state index < -0.39 is 16.0 Å². The summed E-state index contributed by atoms with van der Waals surface area (Å²) < 4.78 is 36.5. The van der Waals surface area contributed by atoms with Gasteiger partial charge in [-0.15, -0.1) is 0 Å². The summed E-state index contributed by atoms with van der Waals surface area (Å²) >= 11 is 1.46. The highest BCUT2D eigenvalue weighted by Gasteiger charge is 2.21. The van der Waals surface area contributed by atoms with Gasteiger partial charge in [-0.05, 0) is 76.1 Å². The van der Waals surface area contributed by atoms with Crippen LogP contribution in [-0.2, 0) is 33.6 Å². The molecule has 0 unspecified atom stereocenters. The molecule has 2 aromatic carbocycles. The molecule has 10 nitrogen and oxygen atoms in total. The Balaban J connectivity index is 1.32. The third-order valence-electron chi connectivity index (χ3n) is 7.94. The quantitative estimate of drug-likeness (QED) is 0.209. The summed E-state index contributed by atoms with van der Waals surface area (Å²) in [5.41, 5.74) is 9.65. The molecule has 0 bridgehead atoms. The van der Waals surface area contributed by atoms with Crippen LogP contribution in [0.1, 0.15) is 27.3 Å². The molecule has 0 radical (unpaired) electrons. The van der Waals surface area contributed by atoms with Crippen LogP contribution >= 0.6 is 11.3 Å². The maximum atomic E-state index is 13.5. The van der Waals surface area contributed by atoms with E-state index in [4.69, 9.17) is 15.5 Å². The van der Waals surface area contributed by atoms with Gasteiger partial charge in [0, 0.05) is 50.3 Å². The Morgan fingerprint density at radius 2 is 1.86 bits per heavy atom. The van der Waals surface area contributed by atoms with Gasteiger partial charge in [-0.3, -0.25) is 9.62 Å². The molecule has 3 aromatic heterocycles. The number of carbonyl (C=O) groups excluding carboxylic acids is 1. The molecule has 44 heavy (non-hydrogen) atoms. The number of anilines is 1. The Morgan fingerprint density at radius 3 is 2.64 bits per heavy atom.